The van der Waals surface area contributed by atoms with E-state index in [1.807, 2.05) is 30.3 Å². The molecule has 5 nitrogen and oxygen atoms in total. The average Bonchev–Trinajstić information content (AvgIpc) is 2.39. The Morgan fingerprint density at radius 2 is 2.00 bits per heavy atom. The van der Waals surface area contributed by atoms with Crippen molar-refractivity contribution in [3.05, 3.63) is 35.9 Å². The number of primary amides is 1. The molecular formula is C13H18N2O3. The van der Waals surface area contributed by atoms with Crippen molar-refractivity contribution in [1.29, 1.82) is 0 Å². The van der Waals surface area contributed by atoms with Crippen LogP contribution < -0.4 is 11.1 Å². The van der Waals surface area contributed by atoms with Crippen molar-refractivity contribution in [2.24, 2.45) is 5.73 Å². The molecule has 5 heteroatoms. The van der Waals surface area contributed by atoms with Gasteiger partial charge in [-0.15, -0.1) is 0 Å². The van der Waals surface area contributed by atoms with E-state index in [0.29, 0.717) is 13.0 Å². The van der Waals surface area contributed by atoms with Gasteiger partial charge in [-0.05, 0) is 12.0 Å². The van der Waals surface area contributed by atoms with Crippen LogP contribution in [-0.2, 0) is 20.9 Å². The Morgan fingerprint density at radius 1 is 1.33 bits per heavy atom. The Bertz CT molecular complexity index is 392. The number of esters is 1. The summed E-state index contributed by atoms with van der Waals surface area (Å²) in [5, 5.41) is 3.06. The second-order valence-electron chi connectivity index (χ2n) is 3.95. The van der Waals surface area contributed by atoms with E-state index >= 15 is 0 Å². The Balaban J connectivity index is 2.50. The number of ether oxygens (including phenoxy) is 1. The molecule has 0 radical (unpaired) electrons. The summed E-state index contributed by atoms with van der Waals surface area (Å²) < 4.78 is 4.68. The maximum Gasteiger partial charge on any atom is 0.322 e. The fourth-order valence-corrected chi connectivity index (χ4v) is 1.57. The van der Waals surface area contributed by atoms with Crippen molar-refractivity contribution in [2.75, 3.05) is 7.11 Å². The van der Waals surface area contributed by atoms with Crippen molar-refractivity contribution in [2.45, 2.75) is 25.4 Å². The molecule has 1 rings (SSSR count). The molecule has 1 atom stereocenters. The Labute approximate surface area is 106 Å². The van der Waals surface area contributed by atoms with E-state index in [4.69, 9.17) is 5.73 Å². The predicted octanol–water partition coefficient (Wildman–Crippen LogP) is 0.583. The quantitative estimate of drug-likeness (QED) is 0.694. The van der Waals surface area contributed by atoms with Crippen molar-refractivity contribution in [3.8, 4) is 0 Å². The number of rotatable bonds is 7. The topological polar surface area (TPSA) is 81.4 Å². The van der Waals surface area contributed by atoms with E-state index in [2.05, 4.69) is 10.1 Å². The van der Waals surface area contributed by atoms with E-state index in [-0.39, 0.29) is 12.4 Å². The number of benzene rings is 1. The zero-order valence-electron chi connectivity index (χ0n) is 10.4. The number of amides is 1. The Kier molecular flexibility index (Phi) is 5.87. The van der Waals surface area contributed by atoms with Gasteiger partial charge in [0, 0.05) is 13.0 Å². The smallest absolute Gasteiger partial charge is 0.322 e. The monoisotopic (exact) mass is 250 g/mol. The van der Waals surface area contributed by atoms with Crippen LogP contribution in [0.2, 0.25) is 0 Å². The van der Waals surface area contributed by atoms with Crippen LogP contribution in [0.5, 0.6) is 0 Å². The van der Waals surface area contributed by atoms with Crippen molar-refractivity contribution in [1.82, 2.24) is 5.32 Å². The minimum absolute atomic E-state index is 0.154. The molecule has 1 amide bonds. The van der Waals surface area contributed by atoms with Gasteiger partial charge in [0.15, 0.2) is 0 Å². The highest BCUT2D eigenvalue weighted by atomic mass is 16.5. The van der Waals surface area contributed by atoms with Crippen molar-refractivity contribution >= 4 is 11.9 Å². The first-order valence-corrected chi connectivity index (χ1v) is 5.77. The largest absolute Gasteiger partial charge is 0.468 e. The average molecular weight is 250 g/mol. The van der Waals surface area contributed by atoms with Crippen LogP contribution in [0.3, 0.4) is 0 Å². The molecular weight excluding hydrogens is 232 g/mol. The first-order valence-electron chi connectivity index (χ1n) is 5.77. The molecule has 0 fully saturated rings. The summed E-state index contributed by atoms with van der Waals surface area (Å²) in [6, 6.07) is 9.17. The van der Waals surface area contributed by atoms with Crippen molar-refractivity contribution in [3.63, 3.8) is 0 Å². The summed E-state index contributed by atoms with van der Waals surface area (Å²) in [6.07, 6.45) is 0.496. The van der Waals surface area contributed by atoms with Gasteiger partial charge in [0.25, 0.3) is 0 Å². The molecule has 0 aromatic heterocycles. The highest BCUT2D eigenvalue weighted by molar-refractivity contribution is 5.78. The van der Waals surface area contributed by atoms with Gasteiger partial charge in [0.2, 0.25) is 5.91 Å². The third kappa shape index (κ3) is 4.97. The standard InChI is InChI=1S/C13H18N2O3/c1-18-13(17)11(7-8-12(14)16)15-9-10-5-3-2-4-6-10/h2-6,11,15H,7-9H2,1H3,(H2,14,16). The van der Waals surface area contributed by atoms with Crippen LogP contribution in [0.15, 0.2) is 30.3 Å². The minimum Gasteiger partial charge on any atom is -0.468 e. The lowest BCUT2D eigenvalue weighted by Gasteiger charge is -2.15. The van der Waals surface area contributed by atoms with Gasteiger partial charge in [-0.1, -0.05) is 30.3 Å². The van der Waals surface area contributed by atoms with E-state index in [1.165, 1.54) is 7.11 Å². The summed E-state index contributed by atoms with van der Waals surface area (Å²) in [5.41, 5.74) is 6.13. The molecule has 18 heavy (non-hydrogen) atoms. The van der Waals surface area contributed by atoms with Crippen LogP contribution >= 0.6 is 0 Å². The number of nitrogens with one attached hydrogen (secondary N) is 1. The van der Waals surface area contributed by atoms with Crippen LogP contribution in [0.25, 0.3) is 0 Å². The van der Waals surface area contributed by atoms with E-state index in [1.54, 1.807) is 0 Å². The number of nitrogens with two attached hydrogens (primary N) is 1. The summed E-state index contributed by atoms with van der Waals surface area (Å²) >= 11 is 0. The number of hydrogen-bond donors (Lipinski definition) is 2. The lowest BCUT2D eigenvalue weighted by atomic mass is 10.1. The minimum atomic E-state index is -0.511. The SMILES string of the molecule is COC(=O)C(CCC(N)=O)NCc1ccccc1. The fourth-order valence-electron chi connectivity index (χ4n) is 1.57. The lowest BCUT2D eigenvalue weighted by molar-refractivity contribution is -0.143. The first-order chi connectivity index (χ1) is 8.63. The second-order valence-corrected chi connectivity index (χ2v) is 3.95. The molecule has 0 heterocycles. The molecule has 0 saturated heterocycles. The second kappa shape index (κ2) is 7.45. The van der Waals surface area contributed by atoms with Crippen molar-refractivity contribution < 1.29 is 14.3 Å². The number of methoxy groups -OCH3 is 1. The highest BCUT2D eigenvalue weighted by Crippen LogP contribution is 2.03. The van der Waals surface area contributed by atoms with Gasteiger partial charge in [0.05, 0.1) is 7.11 Å². The van der Waals surface area contributed by atoms with Crippen LogP contribution in [0.1, 0.15) is 18.4 Å². The molecule has 0 aliphatic heterocycles. The summed E-state index contributed by atoms with van der Waals surface area (Å²) in [6.45, 7) is 0.541. The molecule has 0 bridgehead atoms. The summed E-state index contributed by atoms with van der Waals surface area (Å²) in [4.78, 5) is 22.2. The van der Waals surface area contributed by atoms with E-state index in [9.17, 15) is 9.59 Å². The van der Waals surface area contributed by atoms with E-state index in [0.717, 1.165) is 5.56 Å². The lowest BCUT2D eigenvalue weighted by Crippen LogP contribution is -2.38. The van der Waals surface area contributed by atoms with Gasteiger partial charge < -0.3 is 15.8 Å². The third-order valence-corrected chi connectivity index (χ3v) is 2.56. The number of carbonyl (C=O) groups excluding carboxylic acids is 2. The third-order valence-electron chi connectivity index (χ3n) is 2.56. The van der Waals surface area contributed by atoms with Gasteiger partial charge in [-0.25, -0.2) is 0 Å². The maximum absolute atomic E-state index is 11.5. The maximum atomic E-state index is 11.5. The zero-order valence-corrected chi connectivity index (χ0v) is 10.4. The van der Waals surface area contributed by atoms with E-state index < -0.39 is 11.9 Å². The van der Waals surface area contributed by atoms with Crippen LogP contribution in [0.4, 0.5) is 0 Å². The number of carbonyl (C=O) groups is 2. The molecule has 0 aliphatic carbocycles. The molecule has 98 valence electrons. The number of hydrogen-bond acceptors (Lipinski definition) is 4. The van der Waals surface area contributed by atoms with Gasteiger partial charge in [-0.3, -0.25) is 9.59 Å². The summed E-state index contributed by atoms with van der Waals surface area (Å²) in [7, 11) is 1.32. The van der Waals surface area contributed by atoms with Crippen LogP contribution in [-0.4, -0.2) is 25.0 Å². The Hall–Kier alpha value is -1.88. The molecule has 1 aromatic rings. The van der Waals surface area contributed by atoms with Gasteiger partial charge >= 0.3 is 5.97 Å². The van der Waals surface area contributed by atoms with Gasteiger partial charge in [-0.2, -0.15) is 0 Å². The zero-order chi connectivity index (χ0) is 13.4. The molecule has 0 spiro atoms. The fraction of sp³-hybridized carbons (Fsp3) is 0.385. The predicted molar refractivity (Wildman–Crippen MR) is 67.5 cm³/mol. The highest BCUT2D eigenvalue weighted by Gasteiger charge is 2.18. The molecule has 3 N–H and O–H groups in total. The normalized spacial score (nSPS) is 11.8. The first kappa shape index (κ1) is 14.2. The van der Waals surface area contributed by atoms with Crippen LogP contribution in [0, 0.1) is 0 Å². The molecule has 0 aliphatic rings. The molecule has 0 saturated carbocycles. The molecule has 1 unspecified atom stereocenters. The summed E-state index contributed by atoms with van der Waals surface area (Å²) in [5.74, 6) is -0.808. The molecule has 1 aromatic carbocycles. The van der Waals surface area contributed by atoms with Gasteiger partial charge in [0.1, 0.15) is 6.04 Å². The Morgan fingerprint density at radius 3 is 2.56 bits per heavy atom.